The summed E-state index contributed by atoms with van der Waals surface area (Å²) < 4.78 is 14.3. The van der Waals surface area contributed by atoms with Crippen LogP contribution < -0.4 is 10.2 Å². The van der Waals surface area contributed by atoms with Crippen LogP contribution in [0.4, 0.5) is 10.1 Å². The van der Waals surface area contributed by atoms with Crippen molar-refractivity contribution in [2.75, 3.05) is 11.4 Å². The molecule has 4 aliphatic carbocycles. The van der Waals surface area contributed by atoms with E-state index in [2.05, 4.69) is 12.2 Å². The predicted octanol–water partition coefficient (Wildman–Crippen LogP) is 6.03. The Morgan fingerprint density at radius 1 is 1.09 bits per heavy atom. The largest absolute Gasteiger partial charge is 0.352 e. The lowest BCUT2D eigenvalue weighted by Crippen LogP contribution is -2.57. The van der Waals surface area contributed by atoms with Gasteiger partial charge in [-0.05, 0) is 92.9 Å². The van der Waals surface area contributed by atoms with E-state index in [0.717, 1.165) is 28.3 Å². The third-order valence-electron chi connectivity index (χ3n) is 8.71. The minimum atomic E-state index is -0.374. The minimum absolute atomic E-state index is 0.0400. The van der Waals surface area contributed by atoms with Gasteiger partial charge in [-0.15, -0.1) is 0 Å². The number of rotatable bonds is 5. The van der Waals surface area contributed by atoms with Gasteiger partial charge in [0.25, 0.3) is 5.91 Å². The average molecular weight is 491 g/mol. The molecule has 0 radical (unpaired) electrons. The van der Waals surface area contributed by atoms with Crippen LogP contribution in [0.1, 0.15) is 51.0 Å². The van der Waals surface area contributed by atoms with Gasteiger partial charge in [0.1, 0.15) is 12.4 Å². The summed E-state index contributed by atoms with van der Waals surface area (Å²) in [6, 6.07) is 14.1. The van der Waals surface area contributed by atoms with Crippen molar-refractivity contribution in [3.8, 4) is 0 Å². The molecule has 1 N–H and O–H groups in total. The zero-order valence-corrected chi connectivity index (χ0v) is 20.8. The number of hydrogen-bond donors (Lipinski definition) is 1. The molecule has 1 aliphatic heterocycles. The first kappa shape index (κ1) is 22.8. The smallest absolute Gasteiger partial charge is 0.265 e. The topological polar surface area (TPSA) is 49.4 Å². The van der Waals surface area contributed by atoms with Crippen molar-refractivity contribution >= 4 is 35.3 Å². The summed E-state index contributed by atoms with van der Waals surface area (Å²) in [7, 11) is 0. The van der Waals surface area contributed by atoms with Gasteiger partial charge in [0.2, 0.25) is 5.91 Å². The zero-order chi connectivity index (χ0) is 24.2. The Kier molecular flexibility index (Phi) is 5.75. The number of amides is 2. The molecule has 7 rings (SSSR count). The normalized spacial score (nSPS) is 30.9. The molecule has 1 unspecified atom stereocenters. The number of benzene rings is 2. The van der Waals surface area contributed by atoms with Crippen LogP contribution in [0.15, 0.2) is 58.3 Å². The van der Waals surface area contributed by atoms with Crippen LogP contribution in [0, 0.1) is 29.0 Å². The Balaban J connectivity index is 1.22. The Bertz CT molecular complexity index is 1170. The van der Waals surface area contributed by atoms with E-state index in [0.29, 0.717) is 10.5 Å². The number of hydrogen-bond acceptors (Lipinski definition) is 3. The van der Waals surface area contributed by atoms with Gasteiger partial charge < -0.3 is 5.32 Å². The van der Waals surface area contributed by atoms with Crippen molar-refractivity contribution in [2.24, 2.45) is 23.2 Å². The van der Waals surface area contributed by atoms with Gasteiger partial charge in [0.15, 0.2) is 0 Å². The Morgan fingerprint density at radius 3 is 2.40 bits per heavy atom. The second kappa shape index (κ2) is 8.81. The highest BCUT2D eigenvalue weighted by molar-refractivity contribution is 8.04. The van der Waals surface area contributed by atoms with Crippen LogP contribution >= 0.6 is 11.8 Å². The number of halogens is 1. The molecule has 4 saturated carbocycles. The van der Waals surface area contributed by atoms with Crippen molar-refractivity contribution in [2.45, 2.75) is 56.4 Å². The fourth-order valence-electron chi connectivity index (χ4n) is 7.44. The molecule has 182 valence electrons. The number of nitrogens with zero attached hydrogens (tertiary/aromatic N) is 1. The molecule has 6 heteroatoms. The first-order chi connectivity index (χ1) is 16.9. The molecule has 5 aliphatic rings. The minimum Gasteiger partial charge on any atom is -0.352 e. The summed E-state index contributed by atoms with van der Waals surface area (Å²) in [5.74, 6) is 1.68. The highest BCUT2D eigenvalue weighted by Crippen LogP contribution is 2.61. The van der Waals surface area contributed by atoms with E-state index in [-0.39, 0.29) is 35.6 Å². The summed E-state index contributed by atoms with van der Waals surface area (Å²) in [5.41, 5.74) is 1.30. The third-order valence-corrected chi connectivity index (χ3v) is 9.78. The summed E-state index contributed by atoms with van der Waals surface area (Å²) in [5, 5.41) is 3.29. The lowest BCUT2D eigenvalue weighted by molar-refractivity contribution is -0.126. The van der Waals surface area contributed by atoms with E-state index in [1.54, 1.807) is 29.2 Å². The Hall–Kier alpha value is -2.60. The van der Waals surface area contributed by atoms with Crippen LogP contribution in [0.25, 0.3) is 6.08 Å². The highest BCUT2D eigenvalue weighted by Gasteiger charge is 2.53. The van der Waals surface area contributed by atoms with Crippen molar-refractivity contribution in [3.05, 3.63) is 64.8 Å². The van der Waals surface area contributed by atoms with Gasteiger partial charge in [0.05, 0.1) is 10.6 Å². The molecule has 2 amide bonds. The maximum Gasteiger partial charge on any atom is 0.265 e. The summed E-state index contributed by atoms with van der Waals surface area (Å²) in [4.78, 5) is 29.6. The second-order valence-electron chi connectivity index (χ2n) is 11.1. The SMILES string of the molecule is CC(NC(=O)CN1C(=O)C(=Cc2ccccc2F)Sc2ccccc21)C12CC3CC(CC(C3)C1)C2. The van der Waals surface area contributed by atoms with Gasteiger partial charge >= 0.3 is 0 Å². The first-order valence-corrected chi connectivity index (χ1v) is 13.6. The van der Waals surface area contributed by atoms with Crippen LogP contribution in [-0.2, 0) is 9.59 Å². The lowest BCUT2D eigenvalue weighted by atomic mass is 9.48. The quantitative estimate of drug-likeness (QED) is 0.521. The summed E-state index contributed by atoms with van der Waals surface area (Å²) >= 11 is 1.32. The number of fused-ring (bicyclic) bond motifs is 1. The van der Waals surface area contributed by atoms with Crippen LogP contribution in [0.5, 0.6) is 0 Å². The monoisotopic (exact) mass is 490 g/mol. The molecular formula is C29H31FN2O2S. The molecule has 1 atom stereocenters. The summed E-state index contributed by atoms with van der Waals surface area (Å²) in [6.45, 7) is 2.12. The average Bonchev–Trinajstić information content (AvgIpc) is 2.82. The van der Waals surface area contributed by atoms with Crippen LogP contribution in [-0.4, -0.2) is 24.4 Å². The van der Waals surface area contributed by atoms with Crippen LogP contribution in [0.2, 0.25) is 0 Å². The summed E-state index contributed by atoms with van der Waals surface area (Å²) in [6.07, 6.45) is 9.35. The second-order valence-corrected chi connectivity index (χ2v) is 12.1. The molecule has 0 aromatic heterocycles. The highest BCUT2D eigenvalue weighted by atomic mass is 32.2. The predicted molar refractivity (Wildman–Crippen MR) is 137 cm³/mol. The molecule has 4 nitrogen and oxygen atoms in total. The molecule has 0 saturated heterocycles. The molecule has 2 aromatic rings. The number of para-hydroxylation sites is 1. The Labute approximate surface area is 210 Å². The fraction of sp³-hybridized carbons (Fsp3) is 0.448. The molecule has 4 fully saturated rings. The van der Waals surface area contributed by atoms with Crippen molar-refractivity contribution < 1.29 is 14.0 Å². The molecular weight excluding hydrogens is 459 g/mol. The lowest BCUT2D eigenvalue weighted by Gasteiger charge is -2.59. The van der Waals surface area contributed by atoms with Gasteiger partial charge in [-0.3, -0.25) is 14.5 Å². The van der Waals surface area contributed by atoms with Crippen molar-refractivity contribution in [3.63, 3.8) is 0 Å². The van der Waals surface area contributed by atoms with E-state index in [1.165, 1.54) is 56.4 Å². The van der Waals surface area contributed by atoms with E-state index >= 15 is 0 Å². The standard InChI is InChI=1S/C29H31FN2O2S/c1-18(29-14-19-10-20(15-29)12-21(11-19)16-29)31-27(33)17-32-24-8-4-5-9-25(24)35-26(28(32)34)13-22-6-2-3-7-23(22)30/h2-9,13,18-21H,10-12,14-17H2,1H3,(H,31,33). The number of carbonyl (C=O) groups excluding carboxylic acids is 2. The van der Waals surface area contributed by atoms with Gasteiger partial charge in [-0.25, -0.2) is 4.39 Å². The van der Waals surface area contributed by atoms with E-state index in [1.807, 2.05) is 24.3 Å². The van der Waals surface area contributed by atoms with Crippen LogP contribution in [0.3, 0.4) is 0 Å². The Morgan fingerprint density at radius 2 is 1.71 bits per heavy atom. The third kappa shape index (κ3) is 4.20. The molecule has 2 aromatic carbocycles. The maximum absolute atomic E-state index is 14.3. The number of nitrogens with one attached hydrogen (secondary N) is 1. The zero-order valence-electron chi connectivity index (χ0n) is 20.0. The fourth-order valence-corrected chi connectivity index (χ4v) is 8.49. The van der Waals surface area contributed by atoms with Gasteiger partial charge in [-0.1, -0.05) is 42.1 Å². The van der Waals surface area contributed by atoms with E-state index < -0.39 is 0 Å². The van der Waals surface area contributed by atoms with Crippen molar-refractivity contribution in [1.29, 1.82) is 0 Å². The van der Waals surface area contributed by atoms with E-state index in [4.69, 9.17) is 0 Å². The van der Waals surface area contributed by atoms with Gasteiger partial charge in [0, 0.05) is 16.5 Å². The number of anilines is 1. The first-order valence-electron chi connectivity index (χ1n) is 12.7. The molecule has 35 heavy (non-hydrogen) atoms. The molecule has 0 spiro atoms. The maximum atomic E-state index is 14.3. The van der Waals surface area contributed by atoms with Gasteiger partial charge in [-0.2, -0.15) is 0 Å². The molecule has 4 bridgehead atoms. The number of carbonyl (C=O) groups is 2. The number of thioether (sulfide) groups is 1. The molecule has 1 heterocycles. The van der Waals surface area contributed by atoms with Crippen molar-refractivity contribution in [1.82, 2.24) is 5.32 Å². The van der Waals surface area contributed by atoms with E-state index in [9.17, 15) is 14.0 Å².